The summed E-state index contributed by atoms with van der Waals surface area (Å²) in [5.41, 5.74) is 5.92. The molecule has 78 valence electrons. The Balaban J connectivity index is 2.34. The van der Waals surface area contributed by atoms with Gasteiger partial charge in [0.1, 0.15) is 0 Å². The molecule has 1 atom stereocenters. The van der Waals surface area contributed by atoms with Crippen LogP contribution in [0.15, 0.2) is 29.2 Å². The second-order valence-corrected chi connectivity index (χ2v) is 4.84. The van der Waals surface area contributed by atoms with Crippen LogP contribution in [0.2, 0.25) is 5.02 Å². The molecular formula is C11H16ClNS. The Bertz CT molecular complexity index is 260. The molecule has 0 aliphatic rings. The van der Waals surface area contributed by atoms with Crippen LogP contribution in [-0.4, -0.2) is 11.8 Å². The molecule has 1 aromatic rings. The van der Waals surface area contributed by atoms with E-state index in [1.54, 1.807) is 11.8 Å². The molecule has 0 fully saturated rings. The molecular weight excluding hydrogens is 214 g/mol. The summed E-state index contributed by atoms with van der Waals surface area (Å²) in [6.07, 6.45) is 2.25. The smallest absolute Gasteiger partial charge is 0.0406 e. The van der Waals surface area contributed by atoms with Gasteiger partial charge in [0.2, 0.25) is 0 Å². The van der Waals surface area contributed by atoms with E-state index in [-0.39, 0.29) is 0 Å². The summed E-state index contributed by atoms with van der Waals surface area (Å²) in [7, 11) is 0. The molecule has 2 N–H and O–H groups in total. The van der Waals surface area contributed by atoms with Gasteiger partial charge in [-0.1, -0.05) is 24.9 Å². The third-order valence-electron chi connectivity index (χ3n) is 1.94. The number of thioether (sulfide) groups is 1. The minimum atomic E-state index is 0.306. The van der Waals surface area contributed by atoms with Gasteiger partial charge in [0.05, 0.1) is 0 Å². The highest BCUT2D eigenvalue weighted by Gasteiger charge is 2.01. The van der Waals surface area contributed by atoms with Crippen molar-refractivity contribution < 1.29 is 0 Å². The fraction of sp³-hybridized carbons (Fsp3) is 0.455. The first-order valence-corrected chi connectivity index (χ1v) is 6.22. The molecule has 0 saturated carbocycles. The summed E-state index contributed by atoms with van der Waals surface area (Å²) in [5, 5.41) is 0.784. The molecule has 0 saturated heterocycles. The van der Waals surface area contributed by atoms with E-state index < -0.39 is 0 Å². The highest BCUT2D eigenvalue weighted by molar-refractivity contribution is 7.99. The number of hydrogen-bond acceptors (Lipinski definition) is 2. The highest BCUT2D eigenvalue weighted by atomic mass is 35.5. The maximum Gasteiger partial charge on any atom is 0.0406 e. The van der Waals surface area contributed by atoms with Crippen LogP contribution in [0.25, 0.3) is 0 Å². The quantitative estimate of drug-likeness (QED) is 0.782. The number of hydrogen-bond donors (Lipinski definition) is 1. The predicted molar refractivity (Wildman–Crippen MR) is 65.1 cm³/mol. The lowest BCUT2D eigenvalue weighted by atomic mass is 10.2. The Morgan fingerprint density at radius 1 is 1.36 bits per heavy atom. The van der Waals surface area contributed by atoms with Crippen LogP contribution < -0.4 is 5.73 Å². The van der Waals surface area contributed by atoms with Crippen molar-refractivity contribution in [3.05, 3.63) is 29.3 Å². The zero-order valence-corrected chi connectivity index (χ0v) is 9.94. The Morgan fingerprint density at radius 2 is 2.00 bits per heavy atom. The van der Waals surface area contributed by atoms with Gasteiger partial charge in [-0.05, 0) is 30.7 Å². The van der Waals surface area contributed by atoms with Crippen LogP contribution in [0.1, 0.15) is 19.8 Å². The monoisotopic (exact) mass is 229 g/mol. The molecule has 3 heteroatoms. The van der Waals surface area contributed by atoms with Gasteiger partial charge in [0.15, 0.2) is 0 Å². The van der Waals surface area contributed by atoms with E-state index in [1.165, 1.54) is 4.90 Å². The third-order valence-corrected chi connectivity index (χ3v) is 3.39. The van der Waals surface area contributed by atoms with Gasteiger partial charge in [-0.15, -0.1) is 11.8 Å². The average Bonchev–Trinajstić information content (AvgIpc) is 2.17. The fourth-order valence-corrected chi connectivity index (χ4v) is 2.22. The molecule has 1 aromatic carbocycles. The highest BCUT2D eigenvalue weighted by Crippen LogP contribution is 2.21. The SMILES string of the molecule is CCCC(N)CSc1ccc(Cl)cc1. The minimum absolute atomic E-state index is 0.306. The Hall–Kier alpha value is -0.180. The standard InChI is InChI=1S/C11H16ClNS/c1-2-3-10(13)8-14-11-6-4-9(12)5-7-11/h4-7,10H,2-3,8,13H2,1H3. The van der Waals surface area contributed by atoms with Crippen molar-refractivity contribution in [3.63, 3.8) is 0 Å². The maximum absolute atomic E-state index is 5.92. The lowest BCUT2D eigenvalue weighted by Crippen LogP contribution is -2.22. The van der Waals surface area contributed by atoms with E-state index in [0.29, 0.717) is 6.04 Å². The first-order chi connectivity index (χ1) is 6.72. The summed E-state index contributed by atoms with van der Waals surface area (Å²) in [6, 6.07) is 8.20. The summed E-state index contributed by atoms with van der Waals surface area (Å²) in [6.45, 7) is 2.16. The molecule has 0 radical (unpaired) electrons. The number of benzene rings is 1. The first-order valence-electron chi connectivity index (χ1n) is 4.86. The molecule has 0 aliphatic carbocycles. The molecule has 1 unspecified atom stereocenters. The fourth-order valence-electron chi connectivity index (χ4n) is 1.19. The van der Waals surface area contributed by atoms with E-state index >= 15 is 0 Å². The van der Waals surface area contributed by atoms with Gasteiger partial charge in [-0.3, -0.25) is 0 Å². The average molecular weight is 230 g/mol. The molecule has 0 aliphatic heterocycles. The summed E-state index contributed by atoms with van der Waals surface area (Å²) in [4.78, 5) is 1.24. The lowest BCUT2D eigenvalue weighted by Gasteiger charge is -2.09. The summed E-state index contributed by atoms with van der Waals surface area (Å²) < 4.78 is 0. The molecule has 0 bridgehead atoms. The van der Waals surface area contributed by atoms with Gasteiger partial charge in [-0.25, -0.2) is 0 Å². The van der Waals surface area contributed by atoms with Gasteiger partial charge in [0, 0.05) is 21.7 Å². The molecule has 1 nitrogen and oxygen atoms in total. The maximum atomic E-state index is 5.92. The van der Waals surface area contributed by atoms with Crippen molar-refractivity contribution in [2.45, 2.75) is 30.7 Å². The summed E-state index contributed by atoms with van der Waals surface area (Å²) >= 11 is 7.58. The van der Waals surface area contributed by atoms with Crippen LogP contribution in [0, 0.1) is 0 Å². The molecule has 0 heterocycles. The Kier molecular flexibility index (Phi) is 5.38. The zero-order valence-electron chi connectivity index (χ0n) is 8.37. The van der Waals surface area contributed by atoms with Crippen LogP contribution in [0.3, 0.4) is 0 Å². The largest absolute Gasteiger partial charge is 0.327 e. The molecule has 0 aromatic heterocycles. The van der Waals surface area contributed by atoms with Gasteiger partial charge >= 0.3 is 0 Å². The third kappa shape index (κ3) is 4.36. The second kappa shape index (κ2) is 6.33. The van der Waals surface area contributed by atoms with E-state index in [0.717, 1.165) is 23.6 Å². The first kappa shape index (κ1) is 11.9. The Morgan fingerprint density at radius 3 is 2.57 bits per heavy atom. The van der Waals surface area contributed by atoms with Crippen molar-refractivity contribution >= 4 is 23.4 Å². The van der Waals surface area contributed by atoms with Crippen LogP contribution in [-0.2, 0) is 0 Å². The van der Waals surface area contributed by atoms with Crippen molar-refractivity contribution in [3.8, 4) is 0 Å². The van der Waals surface area contributed by atoms with Crippen LogP contribution in [0.4, 0.5) is 0 Å². The molecule has 14 heavy (non-hydrogen) atoms. The number of rotatable bonds is 5. The van der Waals surface area contributed by atoms with Gasteiger partial charge in [0.25, 0.3) is 0 Å². The van der Waals surface area contributed by atoms with Crippen molar-refractivity contribution in [1.29, 1.82) is 0 Å². The topological polar surface area (TPSA) is 26.0 Å². The minimum Gasteiger partial charge on any atom is -0.327 e. The zero-order chi connectivity index (χ0) is 10.4. The van der Waals surface area contributed by atoms with Crippen LogP contribution >= 0.6 is 23.4 Å². The van der Waals surface area contributed by atoms with Crippen molar-refractivity contribution in [2.75, 3.05) is 5.75 Å². The predicted octanol–water partition coefficient (Wildman–Crippen LogP) is 3.56. The van der Waals surface area contributed by atoms with E-state index in [4.69, 9.17) is 17.3 Å². The Labute approximate surface area is 95.0 Å². The normalized spacial score (nSPS) is 12.8. The molecule has 1 rings (SSSR count). The molecule has 0 spiro atoms. The number of halogens is 1. The summed E-state index contributed by atoms with van der Waals surface area (Å²) in [5.74, 6) is 0.982. The van der Waals surface area contributed by atoms with Gasteiger partial charge < -0.3 is 5.73 Å². The molecule has 0 amide bonds. The van der Waals surface area contributed by atoms with Crippen molar-refractivity contribution in [1.82, 2.24) is 0 Å². The second-order valence-electron chi connectivity index (χ2n) is 3.31. The number of nitrogens with two attached hydrogens (primary N) is 1. The lowest BCUT2D eigenvalue weighted by molar-refractivity contribution is 0.661. The van der Waals surface area contributed by atoms with E-state index in [2.05, 4.69) is 6.92 Å². The van der Waals surface area contributed by atoms with Gasteiger partial charge in [-0.2, -0.15) is 0 Å². The van der Waals surface area contributed by atoms with E-state index in [9.17, 15) is 0 Å². The van der Waals surface area contributed by atoms with Crippen LogP contribution in [0.5, 0.6) is 0 Å². The van der Waals surface area contributed by atoms with E-state index in [1.807, 2.05) is 24.3 Å². The van der Waals surface area contributed by atoms with Crippen molar-refractivity contribution in [2.24, 2.45) is 5.73 Å².